The second-order valence-electron chi connectivity index (χ2n) is 7.18. The number of hydrogen-bond acceptors (Lipinski definition) is 2. The summed E-state index contributed by atoms with van der Waals surface area (Å²) in [5.41, 5.74) is 4.93. The van der Waals surface area contributed by atoms with E-state index in [-0.39, 0.29) is 12.1 Å². The monoisotopic (exact) mass is 390 g/mol. The lowest BCUT2D eigenvalue weighted by molar-refractivity contribution is 0.696. The van der Waals surface area contributed by atoms with Crippen LogP contribution in [0.25, 0.3) is 0 Å². The Balaban J connectivity index is 1.52. The summed E-state index contributed by atoms with van der Waals surface area (Å²) < 4.78 is 0. The molecule has 0 atom stereocenters. The van der Waals surface area contributed by atoms with Gasteiger partial charge in [-0.3, -0.25) is 0 Å². The molecule has 0 amide bonds. The van der Waals surface area contributed by atoms with E-state index in [9.17, 15) is 0 Å². The Hall–Kier alpha value is -3.78. The van der Waals surface area contributed by atoms with Gasteiger partial charge in [-0.25, -0.2) is 0 Å². The maximum Gasteiger partial charge on any atom is 0.0763 e. The quantitative estimate of drug-likeness (QED) is 0.373. The maximum absolute atomic E-state index is 3.57. The Kier molecular flexibility index (Phi) is 6.59. The summed E-state index contributed by atoms with van der Waals surface area (Å²) in [6, 6.07) is 42.3. The summed E-state index contributed by atoms with van der Waals surface area (Å²) in [5.74, 6) is 0. The van der Waals surface area contributed by atoms with E-state index in [0.29, 0.717) is 0 Å². The van der Waals surface area contributed by atoms with E-state index >= 15 is 0 Å². The van der Waals surface area contributed by atoms with Crippen molar-refractivity contribution in [2.45, 2.75) is 12.1 Å². The summed E-state index contributed by atoms with van der Waals surface area (Å²) in [6.07, 6.45) is 4.01. The summed E-state index contributed by atoms with van der Waals surface area (Å²) >= 11 is 0. The van der Waals surface area contributed by atoms with Gasteiger partial charge in [0.2, 0.25) is 0 Å². The normalized spacial score (nSPS) is 11.1. The second kappa shape index (κ2) is 10.1. The Morgan fingerprint density at radius 2 is 0.600 bits per heavy atom. The molecule has 0 saturated heterocycles. The smallest absolute Gasteiger partial charge is 0.0763 e. The third-order valence-electron chi connectivity index (χ3n) is 5.14. The molecule has 148 valence electrons. The Labute approximate surface area is 178 Å². The van der Waals surface area contributed by atoms with Crippen LogP contribution in [-0.4, -0.2) is 0 Å². The Morgan fingerprint density at radius 1 is 0.367 bits per heavy atom. The van der Waals surface area contributed by atoms with Crippen molar-refractivity contribution < 1.29 is 0 Å². The van der Waals surface area contributed by atoms with Crippen molar-refractivity contribution >= 4 is 0 Å². The van der Waals surface area contributed by atoms with Crippen LogP contribution in [0.4, 0.5) is 0 Å². The van der Waals surface area contributed by atoms with E-state index in [1.54, 1.807) is 0 Å². The van der Waals surface area contributed by atoms with Gasteiger partial charge in [0.05, 0.1) is 12.1 Å². The molecule has 0 fully saturated rings. The zero-order valence-electron chi connectivity index (χ0n) is 16.9. The average Bonchev–Trinajstić information content (AvgIpc) is 2.84. The van der Waals surface area contributed by atoms with Gasteiger partial charge in [-0.2, -0.15) is 0 Å². The molecular weight excluding hydrogens is 364 g/mol. The van der Waals surface area contributed by atoms with Crippen molar-refractivity contribution in [3.63, 3.8) is 0 Å². The van der Waals surface area contributed by atoms with Crippen molar-refractivity contribution in [1.29, 1.82) is 0 Å². The minimum atomic E-state index is 0.0948. The van der Waals surface area contributed by atoms with E-state index in [1.807, 2.05) is 36.7 Å². The standard InChI is InChI=1S/C28H26N2/c1-5-13-23(14-6-1)27(24-15-7-2-8-16-24)29-21-22-30-28(25-17-9-3-10-18-25)26-19-11-4-12-20-26/h1-22,27-30H. The summed E-state index contributed by atoms with van der Waals surface area (Å²) in [4.78, 5) is 0. The minimum Gasteiger partial charge on any atom is -0.379 e. The molecule has 30 heavy (non-hydrogen) atoms. The van der Waals surface area contributed by atoms with Gasteiger partial charge in [0.25, 0.3) is 0 Å². The van der Waals surface area contributed by atoms with Crippen molar-refractivity contribution in [3.05, 3.63) is 156 Å². The van der Waals surface area contributed by atoms with Crippen molar-refractivity contribution in [3.8, 4) is 0 Å². The number of hydrogen-bond donors (Lipinski definition) is 2. The first-order valence-electron chi connectivity index (χ1n) is 10.3. The fourth-order valence-corrected chi connectivity index (χ4v) is 3.64. The van der Waals surface area contributed by atoms with Crippen molar-refractivity contribution in [2.24, 2.45) is 0 Å². The molecule has 2 N–H and O–H groups in total. The van der Waals surface area contributed by atoms with Gasteiger partial charge in [-0.05, 0) is 22.3 Å². The second-order valence-corrected chi connectivity index (χ2v) is 7.18. The topological polar surface area (TPSA) is 24.1 Å². The predicted molar refractivity (Wildman–Crippen MR) is 125 cm³/mol. The fraction of sp³-hybridized carbons (Fsp3) is 0.0714. The number of benzene rings is 4. The summed E-state index contributed by atoms with van der Waals surface area (Å²) in [7, 11) is 0. The summed E-state index contributed by atoms with van der Waals surface area (Å²) in [5, 5.41) is 7.14. The van der Waals surface area contributed by atoms with Crippen LogP contribution < -0.4 is 10.6 Å². The van der Waals surface area contributed by atoms with Crippen LogP contribution in [0.5, 0.6) is 0 Å². The highest BCUT2D eigenvalue weighted by Crippen LogP contribution is 2.23. The maximum atomic E-state index is 3.57. The molecule has 0 aliphatic rings. The zero-order chi connectivity index (χ0) is 20.4. The first-order valence-corrected chi connectivity index (χ1v) is 10.3. The Bertz CT molecular complexity index is 863. The van der Waals surface area contributed by atoms with Crippen LogP contribution in [0, 0.1) is 0 Å². The molecule has 0 radical (unpaired) electrons. The van der Waals surface area contributed by atoms with Crippen molar-refractivity contribution in [1.82, 2.24) is 10.6 Å². The van der Waals surface area contributed by atoms with Crippen LogP contribution in [0.3, 0.4) is 0 Å². The molecule has 0 unspecified atom stereocenters. The van der Waals surface area contributed by atoms with Gasteiger partial charge in [0.1, 0.15) is 0 Å². The lowest BCUT2D eigenvalue weighted by Gasteiger charge is -2.20. The van der Waals surface area contributed by atoms with E-state index < -0.39 is 0 Å². The van der Waals surface area contributed by atoms with Gasteiger partial charge in [-0.15, -0.1) is 0 Å². The van der Waals surface area contributed by atoms with Crippen molar-refractivity contribution in [2.75, 3.05) is 0 Å². The zero-order valence-corrected chi connectivity index (χ0v) is 16.9. The third-order valence-corrected chi connectivity index (χ3v) is 5.14. The number of nitrogens with one attached hydrogen (secondary N) is 2. The molecule has 0 aromatic heterocycles. The van der Waals surface area contributed by atoms with Crippen LogP contribution in [0.15, 0.2) is 134 Å². The fourth-order valence-electron chi connectivity index (χ4n) is 3.64. The number of rotatable bonds is 8. The predicted octanol–water partition coefficient (Wildman–Crippen LogP) is 6.22. The van der Waals surface area contributed by atoms with Gasteiger partial charge in [-0.1, -0.05) is 121 Å². The van der Waals surface area contributed by atoms with Crippen LogP contribution in [-0.2, 0) is 0 Å². The molecule has 0 bridgehead atoms. The molecule has 0 aliphatic carbocycles. The SMILES string of the molecule is C(=CNC(c1ccccc1)c1ccccc1)NC(c1ccccc1)c1ccccc1. The first kappa shape index (κ1) is 19.5. The van der Waals surface area contributed by atoms with Crippen LogP contribution in [0.1, 0.15) is 34.3 Å². The van der Waals surface area contributed by atoms with E-state index in [4.69, 9.17) is 0 Å². The van der Waals surface area contributed by atoms with Gasteiger partial charge in [0, 0.05) is 12.4 Å². The summed E-state index contributed by atoms with van der Waals surface area (Å²) in [6.45, 7) is 0. The van der Waals surface area contributed by atoms with Crippen LogP contribution in [0.2, 0.25) is 0 Å². The molecule has 2 nitrogen and oxygen atoms in total. The van der Waals surface area contributed by atoms with E-state index in [1.165, 1.54) is 22.3 Å². The largest absolute Gasteiger partial charge is 0.379 e. The molecule has 0 spiro atoms. The highest BCUT2D eigenvalue weighted by Gasteiger charge is 2.13. The minimum absolute atomic E-state index is 0.0948. The average molecular weight is 391 g/mol. The lowest BCUT2D eigenvalue weighted by atomic mass is 9.98. The molecule has 2 heteroatoms. The van der Waals surface area contributed by atoms with E-state index in [2.05, 4.69) is 108 Å². The molecule has 4 rings (SSSR count). The lowest BCUT2D eigenvalue weighted by Crippen LogP contribution is -2.20. The Morgan fingerprint density at radius 3 is 0.833 bits per heavy atom. The van der Waals surface area contributed by atoms with Gasteiger partial charge < -0.3 is 10.6 Å². The highest BCUT2D eigenvalue weighted by molar-refractivity contribution is 5.33. The highest BCUT2D eigenvalue weighted by atomic mass is 14.9. The third kappa shape index (κ3) is 4.98. The van der Waals surface area contributed by atoms with Gasteiger partial charge in [0.15, 0.2) is 0 Å². The molecule has 4 aromatic carbocycles. The van der Waals surface area contributed by atoms with Crippen LogP contribution >= 0.6 is 0 Å². The van der Waals surface area contributed by atoms with Gasteiger partial charge >= 0.3 is 0 Å². The molecule has 0 heterocycles. The molecule has 4 aromatic rings. The molecule has 0 saturated carbocycles. The molecular formula is C28H26N2. The first-order chi connectivity index (χ1) is 14.9. The molecule has 0 aliphatic heterocycles. The van der Waals surface area contributed by atoms with E-state index in [0.717, 1.165) is 0 Å².